The lowest BCUT2D eigenvalue weighted by molar-refractivity contribution is 0.0136. The molecule has 112 valence electrons. The molecular formula is C17H22N2O2. The molecule has 2 atom stereocenters. The number of hydrogen-bond acceptors (Lipinski definition) is 3. The van der Waals surface area contributed by atoms with Crippen LogP contribution in [0.1, 0.15) is 41.3 Å². The molecule has 1 aromatic carbocycles. The van der Waals surface area contributed by atoms with E-state index in [-0.39, 0.29) is 18.1 Å². The molecule has 2 unspecified atom stereocenters. The minimum Gasteiger partial charge on any atom is -0.378 e. The Kier molecular flexibility index (Phi) is 5.38. The summed E-state index contributed by atoms with van der Waals surface area (Å²) in [4.78, 5) is 12.4. The summed E-state index contributed by atoms with van der Waals surface area (Å²) >= 11 is 0. The Hall–Kier alpha value is -1.83. The van der Waals surface area contributed by atoms with Crippen molar-refractivity contribution in [2.45, 2.75) is 38.8 Å². The summed E-state index contributed by atoms with van der Waals surface area (Å²) < 4.78 is 5.50. The van der Waals surface area contributed by atoms with Crippen molar-refractivity contribution >= 4 is 5.91 Å². The Balaban J connectivity index is 2.09. The largest absolute Gasteiger partial charge is 0.378 e. The molecule has 2 rings (SSSR count). The second-order valence-electron chi connectivity index (χ2n) is 5.47. The van der Waals surface area contributed by atoms with E-state index in [1.165, 1.54) is 0 Å². The number of ether oxygens (including phenoxy) is 1. The lowest BCUT2D eigenvalue weighted by Gasteiger charge is -2.28. The Morgan fingerprint density at radius 1 is 1.48 bits per heavy atom. The van der Waals surface area contributed by atoms with Crippen molar-refractivity contribution in [2.24, 2.45) is 5.73 Å². The number of carbonyl (C=O) groups is 1. The van der Waals surface area contributed by atoms with Crippen LogP contribution in [0.3, 0.4) is 0 Å². The molecule has 1 aromatic rings. The van der Waals surface area contributed by atoms with Crippen molar-refractivity contribution in [1.29, 1.82) is 0 Å². The summed E-state index contributed by atoms with van der Waals surface area (Å²) in [5.74, 6) is 5.74. The molecule has 0 aliphatic carbocycles. The maximum Gasteiger partial charge on any atom is 0.251 e. The number of nitrogens with one attached hydrogen (secondary N) is 1. The SMILES string of the molecule is Cc1cc(C#CCN)cc(C(=O)NC2CCOC(C)C2)c1. The van der Waals surface area contributed by atoms with Gasteiger partial charge in [-0.05, 0) is 50.5 Å². The van der Waals surface area contributed by atoms with Gasteiger partial charge in [0.1, 0.15) is 0 Å². The van der Waals surface area contributed by atoms with Crippen molar-refractivity contribution in [3.8, 4) is 11.8 Å². The predicted molar refractivity (Wildman–Crippen MR) is 83.0 cm³/mol. The minimum absolute atomic E-state index is 0.0476. The quantitative estimate of drug-likeness (QED) is 0.812. The van der Waals surface area contributed by atoms with Gasteiger partial charge in [-0.3, -0.25) is 4.79 Å². The van der Waals surface area contributed by atoms with Crippen LogP contribution in [0, 0.1) is 18.8 Å². The molecule has 4 nitrogen and oxygen atoms in total. The van der Waals surface area contributed by atoms with Gasteiger partial charge in [-0.1, -0.05) is 11.8 Å². The first kappa shape index (κ1) is 15.6. The summed E-state index contributed by atoms with van der Waals surface area (Å²) in [5.41, 5.74) is 7.88. The molecular weight excluding hydrogens is 264 g/mol. The van der Waals surface area contributed by atoms with E-state index in [1.807, 2.05) is 32.0 Å². The lowest BCUT2D eigenvalue weighted by atomic mass is 10.0. The molecule has 21 heavy (non-hydrogen) atoms. The van der Waals surface area contributed by atoms with E-state index < -0.39 is 0 Å². The fourth-order valence-electron chi connectivity index (χ4n) is 2.54. The van der Waals surface area contributed by atoms with E-state index in [0.717, 1.165) is 24.0 Å². The van der Waals surface area contributed by atoms with Gasteiger partial charge in [-0.2, -0.15) is 0 Å². The monoisotopic (exact) mass is 286 g/mol. The smallest absolute Gasteiger partial charge is 0.251 e. The van der Waals surface area contributed by atoms with Crippen molar-refractivity contribution in [1.82, 2.24) is 5.32 Å². The molecule has 1 amide bonds. The van der Waals surface area contributed by atoms with Gasteiger partial charge in [0.25, 0.3) is 5.91 Å². The number of aryl methyl sites for hydroxylation is 1. The maximum atomic E-state index is 12.4. The highest BCUT2D eigenvalue weighted by molar-refractivity contribution is 5.95. The number of hydrogen-bond donors (Lipinski definition) is 2. The van der Waals surface area contributed by atoms with Crippen LogP contribution in [0.2, 0.25) is 0 Å². The molecule has 1 saturated heterocycles. The number of rotatable bonds is 2. The van der Waals surface area contributed by atoms with E-state index in [1.54, 1.807) is 0 Å². The predicted octanol–water partition coefficient (Wildman–Crippen LogP) is 1.60. The summed E-state index contributed by atoms with van der Waals surface area (Å²) in [7, 11) is 0. The summed E-state index contributed by atoms with van der Waals surface area (Å²) in [6.45, 7) is 5.01. The Labute approximate surface area is 126 Å². The van der Waals surface area contributed by atoms with Gasteiger partial charge in [-0.25, -0.2) is 0 Å². The third-order valence-corrected chi connectivity index (χ3v) is 3.49. The van der Waals surface area contributed by atoms with Crippen LogP contribution in [-0.2, 0) is 4.74 Å². The van der Waals surface area contributed by atoms with Crippen LogP contribution >= 0.6 is 0 Å². The highest BCUT2D eigenvalue weighted by Gasteiger charge is 2.21. The number of carbonyl (C=O) groups excluding carboxylic acids is 1. The van der Waals surface area contributed by atoms with Gasteiger partial charge in [-0.15, -0.1) is 0 Å². The van der Waals surface area contributed by atoms with Crippen molar-refractivity contribution < 1.29 is 9.53 Å². The van der Waals surface area contributed by atoms with Crippen molar-refractivity contribution in [3.63, 3.8) is 0 Å². The fraction of sp³-hybridized carbons (Fsp3) is 0.471. The van der Waals surface area contributed by atoms with Crippen LogP contribution in [-0.4, -0.2) is 31.2 Å². The highest BCUT2D eigenvalue weighted by atomic mass is 16.5. The first-order valence-corrected chi connectivity index (χ1v) is 7.31. The second kappa shape index (κ2) is 7.26. The molecule has 1 aliphatic rings. The van der Waals surface area contributed by atoms with Gasteiger partial charge in [0.2, 0.25) is 0 Å². The zero-order chi connectivity index (χ0) is 15.2. The number of nitrogens with two attached hydrogens (primary N) is 1. The summed E-state index contributed by atoms with van der Waals surface area (Å²) in [5, 5.41) is 3.08. The molecule has 0 aromatic heterocycles. The maximum absolute atomic E-state index is 12.4. The lowest BCUT2D eigenvalue weighted by Crippen LogP contribution is -2.41. The Bertz CT molecular complexity index is 572. The zero-order valence-electron chi connectivity index (χ0n) is 12.6. The Morgan fingerprint density at radius 3 is 3.00 bits per heavy atom. The first-order valence-electron chi connectivity index (χ1n) is 7.31. The molecule has 0 saturated carbocycles. The minimum atomic E-state index is -0.0476. The normalized spacial score (nSPS) is 21.3. The van der Waals surface area contributed by atoms with Crippen LogP contribution in [0.5, 0.6) is 0 Å². The van der Waals surface area contributed by atoms with Gasteiger partial charge < -0.3 is 15.8 Å². The molecule has 0 spiro atoms. The molecule has 0 bridgehead atoms. The topological polar surface area (TPSA) is 64.4 Å². The molecule has 1 aliphatic heterocycles. The van der Waals surface area contributed by atoms with Gasteiger partial charge in [0.05, 0.1) is 12.6 Å². The number of benzene rings is 1. The Morgan fingerprint density at radius 2 is 2.29 bits per heavy atom. The van der Waals surface area contributed by atoms with E-state index in [9.17, 15) is 4.79 Å². The summed E-state index contributed by atoms with van der Waals surface area (Å²) in [6, 6.07) is 5.83. The second-order valence-corrected chi connectivity index (χ2v) is 5.47. The van der Waals surface area contributed by atoms with Crippen molar-refractivity contribution in [2.75, 3.05) is 13.2 Å². The summed E-state index contributed by atoms with van der Waals surface area (Å²) in [6.07, 6.45) is 1.92. The molecule has 1 heterocycles. The standard InChI is InChI=1S/C17H22N2O2/c1-12-8-14(4-3-6-18)11-15(9-12)17(20)19-16-5-7-21-13(2)10-16/h8-9,11,13,16H,5-7,10,18H2,1-2H3,(H,19,20). The molecule has 4 heteroatoms. The van der Waals surface area contributed by atoms with E-state index >= 15 is 0 Å². The van der Waals surface area contributed by atoms with Crippen LogP contribution < -0.4 is 11.1 Å². The van der Waals surface area contributed by atoms with E-state index in [2.05, 4.69) is 17.2 Å². The zero-order valence-corrected chi connectivity index (χ0v) is 12.6. The van der Waals surface area contributed by atoms with Gasteiger partial charge in [0.15, 0.2) is 0 Å². The molecule has 1 fully saturated rings. The van der Waals surface area contributed by atoms with Gasteiger partial charge in [0, 0.05) is 23.8 Å². The van der Waals surface area contributed by atoms with Crippen LogP contribution in [0.25, 0.3) is 0 Å². The van der Waals surface area contributed by atoms with Crippen LogP contribution in [0.15, 0.2) is 18.2 Å². The third kappa shape index (κ3) is 4.59. The van der Waals surface area contributed by atoms with E-state index in [4.69, 9.17) is 10.5 Å². The van der Waals surface area contributed by atoms with Crippen molar-refractivity contribution in [3.05, 3.63) is 34.9 Å². The third-order valence-electron chi connectivity index (χ3n) is 3.49. The highest BCUT2D eigenvalue weighted by Crippen LogP contribution is 2.15. The van der Waals surface area contributed by atoms with E-state index in [0.29, 0.717) is 18.7 Å². The average Bonchev–Trinajstić information content (AvgIpc) is 2.44. The number of amides is 1. The molecule has 3 N–H and O–H groups in total. The van der Waals surface area contributed by atoms with Crippen LogP contribution in [0.4, 0.5) is 0 Å². The fourth-order valence-corrected chi connectivity index (χ4v) is 2.54. The van der Waals surface area contributed by atoms with Gasteiger partial charge >= 0.3 is 0 Å². The first-order chi connectivity index (χ1) is 10.1. The molecule has 0 radical (unpaired) electrons. The average molecular weight is 286 g/mol.